The standard InChI is InChI=1S/C17H14N2O/c1-2-12-6-5-7-13(10-12)17(20)16-11-18-14-8-3-4-9-15(14)19-16/h3-11H,2H2,1H3. The highest BCUT2D eigenvalue weighted by molar-refractivity contribution is 6.08. The molecule has 0 aliphatic rings. The van der Waals surface area contributed by atoms with Crippen molar-refractivity contribution >= 4 is 16.8 Å². The van der Waals surface area contributed by atoms with Gasteiger partial charge in [-0.15, -0.1) is 0 Å². The number of hydrogen-bond donors (Lipinski definition) is 0. The maximum absolute atomic E-state index is 12.5. The zero-order valence-corrected chi connectivity index (χ0v) is 11.2. The van der Waals surface area contributed by atoms with E-state index >= 15 is 0 Å². The van der Waals surface area contributed by atoms with Gasteiger partial charge >= 0.3 is 0 Å². The topological polar surface area (TPSA) is 42.9 Å². The largest absolute Gasteiger partial charge is 0.287 e. The summed E-state index contributed by atoms with van der Waals surface area (Å²) in [6.45, 7) is 2.07. The highest BCUT2D eigenvalue weighted by Crippen LogP contribution is 2.13. The van der Waals surface area contributed by atoms with E-state index in [-0.39, 0.29) is 5.78 Å². The number of benzene rings is 2. The van der Waals surface area contributed by atoms with Crippen molar-refractivity contribution in [1.29, 1.82) is 0 Å². The van der Waals surface area contributed by atoms with Crippen molar-refractivity contribution in [1.82, 2.24) is 9.97 Å². The molecule has 3 rings (SSSR count). The van der Waals surface area contributed by atoms with E-state index in [9.17, 15) is 4.79 Å². The van der Waals surface area contributed by atoms with Gasteiger partial charge in [0.05, 0.1) is 17.2 Å². The quantitative estimate of drug-likeness (QED) is 0.679. The van der Waals surface area contributed by atoms with Crippen LogP contribution in [0.3, 0.4) is 0 Å². The fourth-order valence-electron chi connectivity index (χ4n) is 2.15. The summed E-state index contributed by atoms with van der Waals surface area (Å²) in [6, 6.07) is 15.2. The zero-order valence-electron chi connectivity index (χ0n) is 11.2. The van der Waals surface area contributed by atoms with Crippen LogP contribution in [0.1, 0.15) is 28.5 Å². The second-order valence-electron chi connectivity index (χ2n) is 4.63. The van der Waals surface area contributed by atoms with Crippen LogP contribution in [0.2, 0.25) is 0 Å². The molecule has 0 aliphatic carbocycles. The molecule has 3 heteroatoms. The van der Waals surface area contributed by atoms with E-state index in [1.165, 1.54) is 0 Å². The Hall–Kier alpha value is -2.55. The molecular formula is C17H14N2O. The molecular weight excluding hydrogens is 248 g/mol. The Morgan fingerprint density at radius 2 is 1.85 bits per heavy atom. The molecule has 3 nitrogen and oxygen atoms in total. The third kappa shape index (κ3) is 2.30. The first-order valence-corrected chi connectivity index (χ1v) is 6.63. The molecule has 0 fully saturated rings. The highest BCUT2D eigenvalue weighted by atomic mass is 16.1. The molecule has 0 atom stereocenters. The van der Waals surface area contributed by atoms with Crippen molar-refractivity contribution < 1.29 is 4.79 Å². The van der Waals surface area contributed by atoms with Gasteiger partial charge in [0.2, 0.25) is 5.78 Å². The minimum atomic E-state index is -0.0847. The smallest absolute Gasteiger partial charge is 0.212 e. The average molecular weight is 262 g/mol. The van der Waals surface area contributed by atoms with Crippen LogP contribution >= 0.6 is 0 Å². The molecule has 0 saturated carbocycles. The molecule has 0 saturated heterocycles. The molecule has 20 heavy (non-hydrogen) atoms. The number of rotatable bonds is 3. The third-order valence-electron chi connectivity index (χ3n) is 3.28. The average Bonchev–Trinajstić information content (AvgIpc) is 2.53. The van der Waals surface area contributed by atoms with E-state index < -0.39 is 0 Å². The van der Waals surface area contributed by atoms with Crippen LogP contribution in [-0.4, -0.2) is 15.8 Å². The summed E-state index contributed by atoms with van der Waals surface area (Å²) in [7, 11) is 0. The van der Waals surface area contributed by atoms with Gasteiger partial charge in [-0.3, -0.25) is 9.78 Å². The number of para-hydroxylation sites is 2. The van der Waals surface area contributed by atoms with Crippen molar-refractivity contribution in [3.8, 4) is 0 Å². The number of aryl methyl sites for hydroxylation is 1. The number of aromatic nitrogens is 2. The second kappa shape index (κ2) is 5.21. The van der Waals surface area contributed by atoms with Crippen LogP contribution in [0.4, 0.5) is 0 Å². The minimum Gasteiger partial charge on any atom is -0.287 e. The molecule has 1 heterocycles. The first-order valence-electron chi connectivity index (χ1n) is 6.63. The summed E-state index contributed by atoms with van der Waals surface area (Å²) < 4.78 is 0. The minimum absolute atomic E-state index is 0.0847. The number of fused-ring (bicyclic) bond motifs is 1. The van der Waals surface area contributed by atoms with E-state index in [1.807, 2.05) is 48.5 Å². The van der Waals surface area contributed by atoms with E-state index in [0.29, 0.717) is 11.3 Å². The lowest BCUT2D eigenvalue weighted by Crippen LogP contribution is -2.05. The van der Waals surface area contributed by atoms with Crippen LogP contribution in [0.5, 0.6) is 0 Å². The van der Waals surface area contributed by atoms with Crippen LogP contribution in [0.15, 0.2) is 54.7 Å². The fraction of sp³-hybridized carbons (Fsp3) is 0.118. The van der Waals surface area contributed by atoms with E-state index in [2.05, 4.69) is 16.9 Å². The van der Waals surface area contributed by atoms with Crippen LogP contribution < -0.4 is 0 Å². The Balaban J connectivity index is 2.03. The number of hydrogen-bond acceptors (Lipinski definition) is 3. The molecule has 2 aromatic carbocycles. The normalized spacial score (nSPS) is 10.7. The molecule has 0 bridgehead atoms. The first kappa shape index (κ1) is 12.5. The number of nitrogens with zero attached hydrogens (tertiary/aromatic N) is 2. The van der Waals surface area contributed by atoms with Gasteiger partial charge in [0.1, 0.15) is 5.69 Å². The molecule has 0 amide bonds. The second-order valence-corrected chi connectivity index (χ2v) is 4.63. The summed E-state index contributed by atoms with van der Waals surface area (Å²) >= 11 is 0. The van der Waals surface area contributed by atoms with Crippen molar-refractivity contribution in [2.45, 2.75) is 13.3 Å². The molecule has 1 aromatic heterocycles. The van der Waals surface area contributed by atoms with Crippen LogP contribution in [0, 0.1) is 0 Å². The Bertz CT molecular complexity index is 781. The fourth-order valence-corrected chi connectivity index (χ4v) is 2.15. The van der Waals surface area contributed by atoms with Crippen molar-refractivity contribution in [3.63, 3.8) is 0 Å². The van der Waals surface area contributed by atoms with E-state index in [1.54, 1.807) is 6.20 Å². The molecule has 98 valence electrons. The van der Waals surface area contributed by atoms with Gasteiger partial charge in [-0.05, 0) is 30.2 Å². The Labute approximate surface area is 117 Å². The Kier molecular flexibility index (Phi) is 3.25. The van der Waals surface area contributed by atoms with E-state index in [4.69, 9.17) is 0 Å². The van der Waals surface area contributed by atoms with Crippen LogP contribution in [0.25, 0.3) is 11.0 Å². The van der Waals surface area contributed by atoms with Crippen molar-refractivity contribution in [2.24, 2.45) is 0 Å². The first-order chi connectivity index (χ1) is 9.78. The number of carbonyl (C=O) groups excluding carboxylic acids is 1. The lowest BCUT2D eigenvalue weighted by atomic mass is 10.0. The summed E-state index contributed by atoms with van der Waals surface area (Å²) in [5, 5.41) is 0. The molecule has 3 aromatic rings. The van der Waals surface area contributed by atoms with Gasteiger partial charge in [-0.1, -0.05) is 37.3 Å². The van der Waals surface area contributed by atoms with Gasteiger partial charge < -0.3 is 0 Å². The third-order valence-corrected chi connectivity index (χ3v) is 3.28. The Morgan fingerprint density at radius 1 is 1.05 bits per heavy atom. The van der Waals surface area contributed by atoms with Crippen molar-refractivity contribution in [3.05, 3.63) is 71.5 Å². The summed E-state index contributed by atoms with van der Waals surface area (Å²) in [5.74, 6) is -0.0847. The van der Waals surface area contributed by atoms with Crippen LogP contribution in [-0.2, 0) is 6.42 Å². The Morgan fingerprint density at radius 3 is 2.65 bits per heavy atom. The van der Waals surface area contributed by atoms with Gasteiger partial charge in [-0.2, -0.15) is 0 Å². The van der Waals surface area contributed by atoms with E-state index in [0.717, 1.165) is 23.0 Å². The SMILES string of the molecule is CCc1cccc(C(=O)c2cnc3ccccc3n2)c1. The number of carbonyl (C=O) groups is 1. The summed E-state index contributed by atoms with van der Waals surface area (Å²) in [4.78, 5) is 21.1. The molecule has 0 aliphatic heterocycles. The maximum atomic E-state index is 12.5. The number of ketones is 1. The lowest BCUT2D eigenvalue weighted by Gasteiger charge is -2.04. The van der Waals surface area contributed by atoms with Gasteiger partial charge in [0, 0.05) is 5.56 Å². The molecule has 0 unspecified atom stereocenters. The summed E-state index contributed by atoms with van der Waals surface area (Å²) in [6.07, 6.45) is 2.45. The van der Waals surface area contributed by atoms with Gasteiger partial charge in [0.25, 0.3) is 0 Å². The zero-order chi connectivity index (χ0) is 13.9. The maximum Gasteiger partial charge on any atom is 0.212 e. The van der Waals surface area contributed by atoms with Gasteiger partial charge in [-0.25, -0.2) is 4.98 Å². The monoisotopic (exact) mass is 262 g/mol. The lowest BCUT2D eigenvalue weighted by molar-refractivity contribution is 0.103. The predicted molar refractivity (Wildman–Crippen MR) is 78.8 cm³/mol. The summed E-state index contributed by atoms with van der Waals surface area (Å²) in [5.41, 5.74) is 3.73. The van der Waals surface area contributed by atoms with Crippen molar-refractivity contribution in [2.75, 3.05) is 0 Å². The molecule has 0 spiro atoms. The highest BCUT2D eigenvalue weighted by Gasteiger charge is 2.12. The van der Waals surface area contributed by atoms with Gasteiger partial charge in [0.15, 0.2) is 0 Å². The molecule has 0 radical (unpaired) electrons. The molecule has 0 N–H and O–H groups in total. The predicted octanol–water partition coefficient (Wildman–Crippen LogP) is 3.42.